The number of nitriles is 1. The van der Waals surface area contributed by atoms with Crippen molar-refractivity contribution < 1.29 is 19.6 Å². The highest BCUT2D eigenvalue weighted by molar-refractivity contribution is 5.94. The van der Waals surface area contributed by atoms with Crippen LogP contribution in [-0.2, 0) is 4.74 Å². The van der Waals surface area contributed by atoms with Gasteiger partial charge in [-0.3, -0.25) is 10.1 Å². The quantitative estimate of drug-likeness (QED) is 0.228. The SMILES string of the molecule is Cc1cccc(C(=O)OC/C(O)=C(\C#N)c2nc3ccccc3[nH]2)c1[N+](=O)[O-]. The lowest BCUT2D eigenvalue weighted by Crippen LogP contribution is -2.12. The predicted octanol–water partition coefficient (Wildman–Crippen LogP) is 3.43. The number of allylic oxidation sites excluding steroid dienone is 1. The molecule has 9 heteroatoms. The van der Waals surface area contributed by atoms with E-state index in [0.29, 0.717) is 16.6 Å². The number of carbonyl (C=O) groups excluding carboxylic acids is 1. The van der Waals surface area contributed by atoms with Gasteiger partial charge in [0.25, 0.3) is 5.69 Å². The molecule has 2 aromatic carbocycles. The summed E-state index contributed by atoms with van der Waals surface area (Å²) in [5.41, 5.74) is 0.784. The lowest BCUT2D eigenvalue weighted by Gasteiger charge is -2.07. The van der Waals surface area contributed by atoms with E-state index in [4.69, 9.17) is 4.74 Å². The number of nitro benzene ring substituents is 1. The average Bonchev–Trinajstić information content (AvgIpc) is 3.09. The minimum absolute atomic E-state index is 0.124. The predicted molar refractivity (Wildman–Crippen MR) is 99.4 cm³/mol. The Morgan fingerprint density at radius 3 is 2.75 bits per heavy atom. The van der Waals surface area contributed by atoms with Crippen molar-refractivity contribution in [3.8, 4) is 6.07 Å². The largest absolute Gasteiger partial charge is 0.507 e. The van der Waals surface area contributed by atoms with E-state index in [1.54, 1.807) is 24.3 Å². The van der Waals surface area contributed by atoms with Gasteiger partial charge in [-0.2, -0.15) is 5.26 Å². The van der Waals surface area contributed by atoms with Gasteiger partial charge in [-0.15, -0.1) is 0 Å². The van der Waals surface area contributed by atoms with Gasteiger partial charge >= 0.3 is 5.97 Å². The molecule has 0 spiro atoms. The molecule has 9 nitrogen and oxygen atoms in total. The molecule has 0 saturated carbocycles. The molecule has 0 unspecified atom stereocenters. The molecule has 1 heterocycles. The van der Waals surface area contributed by atoms with Gasteiger partial charge in [-0.05, 0) is 25.1 Å². The minimum atomic E-state index is -0.983. The fraction of sp³-hybridized carbons (Fsp3) is 0.105. The fourth-order valence-corrected chi connectivity index (χ4v) is 2.68. The van der Waals surface area contributed by atoms with Crippen molar-refractivity contribution >= 4 is 28.3 Å². The summed E-state index contributed by atoms with van der Waals surface area (Å²) in [4.78, 5) is 29.9. The van der Waals surface area contributed by atoms with Crippen molar-refractivity contribution in [3.63, 3.8) is 0 Å². The number of carbonyl (C=O) groups is 1. The number of nitrogens with zero attached hydrogens (tertiary/aromatic N) is 3. The van der Waals surface area contributed by atoms with Crippen LogP contribution in [-0.4, -0.2) is 32.6 Å². The molecule has 3 rings (SSSR count). The van der Waals surface area contributed by atoms with Crippen LogP contribution in [0, 0.1) is 28.4 Å². The van der Waals surface area contributed by atoms with Crippen LogP contribution in [0.2, 0.25) is 0 Å². The van der Waals surface area contributed by atoms with Crippen molar-refractivity contribution in [3.05, 3.63) is 75.3 Å². The smallest absolute Gasteiger partial charge is 0.345 e. The molecule has 0 atom stereocenters. The van der Waals surface area contributed by atoms with Crippen LogP contribution in [0.4, 0.5) is 5.69 Å². The van der Waals surface area contributed by atoms with Gasteiger partial charge in [-0.1, -0.05) is 24.3 Å². The zero-order valence-corrected chi connectivity index (χ0v) is 14.7. The molecule has 28 heavy (non-hydrogen) atoms. The third-order valence-electron chi connectivity index (χ3n) is 4.01. The maximum Gasteiger partial charge on any atom is 0.345 e. The van der Waals surface area contributed by atoms with Crippen LogP contribution in [0.1, 0.15) is 21.7 Å². The number of rotatable bonds is 5. The molecule has 0 aliphatic rings. The Hall–Kier alpha value is -4.19. The van der Waals surface area contributed by atoms with Crippen molar-refractivity contribution in [2.24, 2.45) is 0 Å². The molecule has 0 aliphatic carbocycles. The number of aromatic amines is 1. The molecule has 0 amide bonds. The molecule has 0 saturated heterocycles. The van der Waals surface area contributed by atoms with Gasteiger partial charge in [0.15, 0.2) is 11.6 Å². The number of fused-ring (bicyclic) bond motifs is 1. The summed E-state index contributed by atoms with van der Waals surface area (Å²) in [6, 6.07) is 13.1. The van der Waals surface area contributed by atoms with Gasteiger partial charge in [0.2, 0.25) is 0 Å². The van der Waals surface area contributed by atoms with E-state index in [9.17, 15) is 25.3 Å². The maximum absolute atomic E-state index is 12.2. The molecule has 3 aromatic rings. The third-order valence-corrected chi connectivity index (χ3v) is 4.01. The number of hydrogen-bond acceptors (Lipinski definition) is 7. The molecule has 0 fully saturated rings. The summed E-state index contributed by atoms with van der Waals surface area (Å²) in [5.74, 6) is -1.38. The zero-order chi connectivity index (χ0) is 20.3. The van der Waals surface area contributed by atoms with Gasteiger partial charge in [0.05, 0.1) is 16.0 Å². The average molecular weight is 378 g/mol. The van der Waals surface area contributed by atoms with Gasteiger partial charge in [0.1, 0.15) is 23.8 Å². The topological polar surface area (TPSA) is 142 Å². The van der Waals surface area contributed by atoms with Gasteiger partial charge in [-0.25, -0.2) is 9.78 Å². The fourth-order valence-electron chi connectivity index (χ4n) is 2.68. The number of aryl methyl sites for hydroxylation is 1. The van der Waals surface area contributed by atoms with Crippen molar-refractivity contribution in [2.45, 2.75) is 6.92 Å². The number of ether oxygens (including phenoxy) is 1. The van der Waals surface area contributed by atoms with Crippen LogP contribution < -0.4 is 0 Å². The number of H-pyrrole nitrogens is 1. The summed E-state index contributed by atoms with van der Waals surface area (Å²) in [7, 11) is 0. The number of esters is 1. The number of nitro groups is 1. The molecular formula is C19H14N4O5. The van der Waals surface area contributed by atoms with E-state index in [1.807, 2.05) is 6.07 Å². The highest BCUT2D eigenvalue weighted by Gasteiger charge is 2.24. The summed E-state index contributed by atoms with van der Waals surface area (Å²) >= 11 is 0. The number of imidazole rings is 1. The Morgan fingerprint density at radius 2 is 2.07 bits per heavy atom. The van der Waals surface area contributed by atoms with Crippen LogP contribution >= 0.6 is 0 Å². The van der Waals surface area contributed by atoms with Crippen LogP contribution in [0.25, 0.3) is 16.6 Å². The highest BCUT2D eigenvalue weighted by Crippen LogP contribution is 2.24. The minimum Gasteiger partial charge on any atom is -0.507 e. The van der Waals surface area contributed by atoms with E-state index in [1.165, 1.54) is 25.1 Å². The van der Waals surface area contributed by atoms with Crippen molar-refractivity contribution in [1.29, 1.82) is 5.26 Å². The maximum atomic E-state index is 12.2. The molecule has 0 radical (unpaired) electrons. The monoisotopic (exact) mass is 378 g/mol. The Labute approximate surface area is 158 Å². The van der Waals surface area contributed by atoms with E-state index in [2.05, 4.69) is 9.97 Å². The molecule has 140 valence electrons. The second-order valence-electron chi connectivity index (χ2n) is 5.84. The first-order valence-corrected chi connectivity index (χ1v) is 8.11. The lowest BCUT2D eigenvalue weighted by atomic mass is 10.1. The summed E-state index contributed by atoms with van der Waals surface area (Å²) in [5, 5.41) is 30.7. The number of aliphatic hydroxyl groups is 1. The number of nitrogens with one attached hydrogen (secondary N) is 1. The van der Waals surface area contributed by atoms with Crippen molar-refractivity contribution in [1.82, 2.24) is 9.97 Å². The van der Waals surface area contributed by atoms with Crippen LogP contribution in [0.3, 0.4) is 0 Å². The first-order chi connectivity index (χ1) is 13.4. The lowest BCUT2D eigenvalue weighted by molar-refractivity contribution is -0.385. The standard InChI is InChI=1S/C19H14N4O5/c1-11-5-4-6-12(17(11)23(26)27)19(25)28-10-16(24)13(9-20)18-21-14-7-2-3-8-15(14)22-18/h2-8,24H,10H2,1H3,(H,21,22)/b16-13-. The van der Waals surface area contributed by atoms with E-state index in [0.717, 1.165) is 0 Å². The second-order valence-corrected chi connectivity index (χ2v) is 5.84. The Kier molecular flexibility index (Phi) is 5.04. The number of benzene rings is 2. The number of hydrogen-bond donors (Lipinski definition) is 2. The third kappa shape index (κ3) is 3.52. The zero-order valence-electron chi connectivity index (χ0n) is 14.7. The molecule has 2 N–H and O–H groups in total. The molecule has 0 bridgehead atoms. The van der Waals surface area contributed by atoms with Crippen LogP contribution in [0.5, 0.6) is 0 Å². The second kappa shape index (κ2) is 7.59. The number of para-hydroxylation sites is 3. The van der Waals surface area contributed by atoms with Crippen LogP contribution in [0.15, 0.2) is 48.2 Å². The number of aliphatic hydroxyl groups excluding tert-OH is 1. The Bertz CT molecular complexity index is 1120. The summed E-state index contributed by atoms with van der Waals surface area (Å²) < 4.78 is 4.97. The van der Waals surface area contributed by atoms with E-state index >= 15 is 0 Å². The highest BCUT2D eigenvalue weighted by atomic mass is 16.6. The summed E-state index contributed by atoms with van der Waals surface area (Å²) in [6.07, 6.45) is 0. The van der Waals surface area contributed by atoms with Gasteiger partial charge in [0, 0.05) is 5.56 Å². The molecule has 0 aliphatic heterocycles. The molecular weight excluding hydrogens is 364 g/mol. The van der Waals surface area contributed by atoms with Gasteiger partial charge < -0.3 is 14.8 Å². The Balaban J connectivity index is 1.85. The van der Waals surface area contributed by atoms with E-state index in [-0.39, 0.29) is 22.6 Å². The van der Waals surface area contributed by atoms with E-state index < -0.39 is 23.3 Å². The summed E-state index contributed by atoms with van der Waals surface area (Å²) in [6.45, 7) is 0.867. The first-order valence-electron chi connectivity index (χ1n) is 8.11. The number of aromatic nitrogens is 2. The molecule has 1 aromatic heterocycles. The normalized spacial score (nSPS) is 11.6. The first kappa shape index (κ1) is 18.6. The Morgan fingerprint density at radius 1 is 1.32 bits per heavy atom. The van der Waals surface area contributed by atoms with Crippen molar-refractivity contribution in [2.75, 3.05) is 6.61 Å².